The molecule has 2 aliphatic heterocycles. The van der Waals surface area contributed by atoms with E-state index in [0.29, 0.717) is 24.5 Å². The van der Waals surface area contributed by atoms with Gasteiger partial charge in [0, 0.05) is 38.1 Å². The molecule has 2 aromatic rings. The summed E-state index contributed by atoms with van der Waals surface area (Å²) in [7, 11) is -3.54. The number of aliphatic hydroxyl groups excluding tert-OH is 1. The number of aryl methyl sites for hydroxylation is 1. The molecule has 2 aliphatic rings. The van der Waals surface area contributed by atoms with Crippen molar-refractivity contribution in [2.75, 3.05) is 39.3 Å². The second-order valence-electron chi connectivity index (χ2n) is 8.48. The van der Waals surface area contributed by atoms with E-state index < -0.39 is 15.4 Å². The Labute approximate surface area is 172 Å². The van der Waals surface area contributed by atoms with Crippen molar-refractivity contribution in [3.05, 3.63) is 59.7 Å². The molecule has 0 radical (unpaired) electrons. The summed E-state index contributed by atoms with van der Waals surface area (Å²) in [6.45, 7) is 5.09. The largest absolute Gasteiger partial charge is 0.508 e. The number of phenols is 1. The third-order valence-corrected chi connectivity index (χ3v) is 8.25. The highest BCUT2D eigenvalue weighted by atomic mass is 32.2. The Balaban J connectivity index is 1.43. The van der Waals surface area contributed by atoms with Crippen molar-refractivity contribution >= 4 is 10.0 Å². The number of hydrogen-bond acceptors (Lipinski definition) is 5. The molecule has 156 valence electrons. The first kappa shape index (κ1) is 20.3. The van der Waals surface area contributed by atoms with Gasteiger partial charge in [-0.05, 0) is 49.1 Å². The minimum Gasteiger partial charge on any atom is -0.508 e. The topological polar surface area (TPSA) is 81.1 Å². The second-order valence-corrected chi connectivity index (χ2v) is 10.4. The van der Waals surface area contributed by atoms with Crippen LogP contribution < -0.4 is 0 Å². The summed E-state index contributed by atoms with van der Waals surface area (Å²) in [5.41, 5.74) is 1.78. The molecule has 6 nitrogen and oxygen atoms in total. The average Bonchev–Trinajstić information content (AvgIpc) is 3.23. The molecule has 0 spiro atoms. The summed E-state index contributed by atoms with van der Waals surface area (Å²) in [5.74, 6) is 0.395. The molecule has 0 saturated carbocycles. The van der Waals surface area contributed by atoms with E-state index in [0.717, 1.165) is 30.6 Å². The molecule has 0 unspecified atom stereocenters. The first-order valence-corrected chi connectivity index (χ1v) is 11.4. The fourth-order valence-corrected chi connectivity index (χ4v) is 6.21. The molecule has 2 atom stereocenters. The Kier molecular flexibility index (Phi) is 5.42. The van der Waals surface area contributed by atoms with Gasteiger partial charge in [-0.25, -0.2) is 8.42 Å². The van der Waals surface area contributed by atoms with Gasteiger partial charge in [0.25, 0.3) is 0 Å². The molecular weight excluding hydrogens is 388 g/mol. The highest BCUT2D eigenvalue weighted by Crippen LogP contribution is 2.44. The van der Waals surface area contributed by atoms with Crippen LogP contribution in [0.3, 0.4) is 0 Å². The van der Waals surface area contributed by atoms with Crippen molar-refractivity contribution < 1.29 is 18.6 Å². The highest BCUT2D eigenvalue weighted by molar-refractivity contribution is 7.89. The molecule has 4 rings (SSSR count). The minimum absolute atomic E-state index is 0.00665. The molecule has 2 fully saturated rings. The van der Waals surface area contributed by atoms with E-state index in [-0.39, 0.29) is 18.3 Å². The fourth-order valence-electron chi connectivity index (χ4n) is 4.63. The molecule has 29 heavy (non-hydrogen) atoms. The minimum atomic E-state index is -3.54. The molecule has 2 heterocycles. The van der Waals surface area contributed by atoms with Crippen molar-refractivity contribution in [3.63, 3.8) is 0 Å². The lowest BCUT2D eigenvalue weighted by Gasteiger charge is -2.27. The van der Waals surface area contributed by atoms with Crippen molar-refractivity contribution in [3.8, 4) is 5.75 Å². The first-order valence-electron chi connectivity index (χ1n) is 10.0. The number of benzene rings is 2. The fraction of sp³-hybridized carbons (Fsp3) is 0.455. The number of phenolic OH excluding ortho intramolecular Hbond substituents is 1. The normalized spacial score (nSPS) is 25.4. The van der Waals surface area contributed by atoms with E-state index in [9.17, 15) is 18.6 Å². The van der Waals surface area contributed by atoms with Crippen LogP contribution in [-0.4, -0.2) is 67.2 Å². The average molecular weight is 417 g/mol. The number of likely N-dealkylation sites (tertiary alicyclic amines) is 1. The number of fused-ring (bicyclic) bond motifs is 1. The van der Waals surface area contributed by atoms with Crippen LogP contribution in [-0.2, 0) is 16.4 Å². The van der Waals surface area contributed by atoms with Crippen LogP contribution in [0.15, 0.2) is 53.4 Å². The lowest BCUT2D eigenvalue weighted by molar-refractivity contribution is 0.120. The number of nitrogens with zero attached hydrogens (tertiary/aromatic N) is 2. The van der Waals surface area contributed by atoms with Crippen molar-refractivity contribution in [1.82, 2.24) is 9.21 Å². The first-order chi connectivity index (χ1) is 13.8. The van der Waals surface area contributed by atoms with Gasteiger partial charge in [-0.1, -0.05) is 29.8 Å². The van der Waals surface area contributed by atoms with Gasteiger partial charge >= 0.3 is 0 Å². The zero-order valence-corrected chi connectivity index (χ0v) is 17.5. The van der Waals surface area contributed by atoms with Crippen LogP contribution in [0.2, 0.25) is 0 Å². The van der Waals surface area contributed by atoms with Gasteiger partial charge in [-0.2, -0.15) is 4.31 Å². The van der Waals surface area contributed by atoms with E-state index in [1.165, 1.54) is 0 Å². The van der Waals surface area contributed by atoms with Crippen LogP contribution in [0.1, 0.15) is 11.1 Å². The quantitative estimate of drug-likeness (QED) is 0.751. The smallest absolute Gasteiger partial charge is 0.243 e. The number of rotatable bonds is 6. The maximum atomic E-state index is 13.1. The van der Waals surface area contributed by atoms with Gasteiger partial charge in [0.15, 0.2) is 0 Å². The maximum Gasteiger partial charge on any atom is 0.243 e. The van der Waals surface area contributed by atoms with Gasteiger partial charge in [0.05, 0.1) is 11.5 Å². The summed E-state index contributed by atoms with van der Waals surface area (Å²) in [5, 5.41) is 19.6. The summed E-state index contributed by atoms with van der Waals surface area (Å²) in [6, 6.07) is 14.2. The lowest BCUT2D eigenvalue weighted by atomic mass is 9.82. The van der Waals surface area contributed by atoms with Crippen LogP contribution in [0, 0.1) is 18.3 Å². The maximum absolute atomic E-state index is 13.1. The number of aromatic hydroxyl groups is 1. The van der Waals surface area contributed by atoms with Crippen LogP contribution in [0.4, 0.5) is 0 Å². The van der Waals surface area contributed by atoms with Gasteiger partial charge in [-0.15, -0.1) is 0 Å². The van der Waals surface area contributed by atoms with Crippen molar-refractivity contribution in [2.24, 2.45) is 11.3 Å². The lowest BCUT2D eigenvalue weighted by Crippen LogP contribution is -2.39. The Hall–Kier alpha value is -1.93. The van der Waals surface area contributed by atoms with Crippen molar-refractivity contribution in [2.45, 2.75) is 18.2 Å². The SMILES string of the molecule is Cc1ccc(S(=O)(=O)N2C[C@@H]3CN(CCc4ccc(O)cc4)C[C@]3(CO)C2)cc1. The Bertz CT molecular complexity index is 959. The molecule has 2 N–H and O–H groups in total. The molecule has 0 bridgehead atoms. The molecule has 0 aliphatic carbocycles. The molecule has 2 aromatic carbocycles. The molecule has 0 aromatic heterocycles. The van der Waals surface area contributed by atoms with E-state index >= 15 is 0 Å². The Morgan fingerprint density at radius 1 is 1.03 bits per heavy atom. The molecule has 2 saturated heterocycles. The number of sulfonamides is 1. The third kappa shape index (κ3) is 3.92. The monoisotopic (exact) mass is 416 g/mol. The van der Waals surface area contributed by atoms with Gasteiger partial charge < -0.3 is 15.1 Å². The third-order valence-electron chi connectivity index (χ3n) is 6.43. The van der Waals surface area contributed by atoms with E-state index in [1.807, 2.05) is 31.2 Å². The molecular formula is C22H28N2O4S. The Morgan fingerprint density at radius 2 is 1.72 bits per heavy atom. The standard InChI is InChI=1S/C22H28N2O4S/c1-17-2-8-21(9-3-17)29(27,28)24-13-19-12-23(14-22(19,15-24)16-25)11-10-18-4-6-20(26)7-5-18/h2-9,19,25-26H,10-16H2,1H3/t19-,22+/m0/s1. The number of hydrogen-bond donors (Lipinski definition) is 2. The van der Waals surface area contributed by atoms with E-state index in [1.54, 1.807) is 28.6 Å². The van der Waals surface area contributed by atoms with Crippen LogP contribution in [0.5, 0.6) is 5.75 Å². The predicted molar refractivity (Wildman–Crippen MR) is 111 cm³/mol. The van der Waals surface area contributed by atoms with E-state index in [4.69, 9.17) is 0 Å². The summed E-state index contributed by atoms with van der Waals surface area (Å²) in [6.07, 6.45) is 0.861. The summed E-state index contributed by atoms with van der Waals surface area (Å²) >= 11 is 0. The molecule has 7 heteroatoms. The Morgan fingerprint density at radius 3 is 2.34 bits per heavy atom. The van der Waals surface area contributed by atoms with Gasteiger partial charge in [0.1, 0.15) is 5.75 Å². The highest BCUT2D eigenvalue weighted by Gasteiger charge is 2.54. The number of aliphatic hydroxyl groups is 1. The van der Waals surface area contributed by atoms with Gasteiger partial charge in [0.2, 0.25) is 10.0 Å². The second kappa shape index (κ2) is 7.72. The zero-order chi connectivity index (χ0) is 20.6. The van der Waals surface area contributed by atoms with Crippen molar-refractivity contribution in [1.29, 1.82) is 0 Å². The summed E-state index contributed by atoms with van der Waals surface area (Å²) in [4.78, 5) is 2.64. The van der Waals surface area contributed by atoms with E-state index in [2.05, 4.69) is 4.90 Å². The van der Waals surface area contributed by atoms with Crippen LogP contribution >= 0.6 is 0 Å². The zero-order valence-electron chi connectivity index (χ0n) is 16.7. The predicted octanol–water partition coefficient (Wildman–Crippen LogP) is 1.86. The van der Waals surface area contributed by atoms with Crippen LogP contribution in [0.25, 0.3) is 0 Å². The van der Waals surface area contributed by atoms with Gasteiger partial charge in [-0.3, -0.25) is 0 Å². The summed E-state index contributed by atoms with van der Waals surface area (Å²) < 4.78 is 27.7. The molecule has 0 amide bonds.